The molecule has 1 aromatic rings. The van der Waals surface area contributed by atoms with Crippen molar-refractivity contribution in [3.8, 4) is 0 Å². The van der Waals surface area contributed by atoms with Crippen LogP contribution < -0.4 is 5.32 Å². The maximum absolute atomic E-state index is 12.1. The molecule has 1 aromatic carbocycles. The molecule has 1 amide bonds. The van der Waals surface area contributed by atoms with Gasteiger partial charge in [-0.05, 0) is 19.1 Å². The zero-order valence-electron chi connectivity index (χ0n) is 13.4. The summed E-state index contributed by atoms with van der Waals surface area (Å²) >= 11 is 6.06. The lowest BCUT2D eigenvalue weighted by Gasteiger charge is -2.42. The fourth-order valence-electron chi connectivity index (χ4n) is 3.27. The fourth-order valence-corrected chi connectivity index (χ4v) is 3.45. The molecule has 0 aromatic heterocycles. The zero-order chi connectivity index (χ0) is 16.3. The van der Waals surface area contributed by atoms with Gasteiger partial charge < -0.3 is 14.8 Å². The smallest absolute Gasteiger partial charge is 0.225 e. The number of halogens is 1. The Labute approximate surface area is 141 Å². The fraction of sp³-hybridized carbons (Fsp3) is 0.588. The molecule has 0 bridgehead atoms. The number of benzene rings is 1. The molecule has 1 N–H and O–H groups in total. The average molecular weight is 339 g/mol. The summed E-state index contributed by atoms with van der Waals surface area (Å²) in [7, 11) is 0. The number of anilines is 1. The van der Waals surface area contributed by atoms with Gasteiger partial charge in [-0.2, -0.15) is 0 Å². The topological polar surface area (TPSA) is 50.8 Å². The summed E-state index contributed by atoms with van der Waals surface area (Å²) in [5, 5.41) is 3.42. The number of para-hydroxylation sites is 1. The van der Waals surface area contributed by atoms with Gasteiger partial charge in [-0.3, -0.25) is 9.69 Å². The van der Waals surface area contributed by atoms with Crippen LogP contribution in [0.3, 0.4) is 0 Å². The van der Waals surface area contributed by atoms with Crippen LogP contribution in [-0.4, -0.2) is 55.4 Å². The van der Waals surface area contributed by atoms with E-state index in [4.69, 9.17) is 21.1 Å². The summed E-state index contributed by atoms with van der Waals surface area (Å²) in [6.07, 6.45) is 1.48. The van der Waals surface area contributed by atoms with Crippen molar-refractivity contribution in [1.82, 2.24) is 4.90 Å². The predicted octanol–water partition coefficient (Wildman–Crippen LogP) is 2.55. The highest BCUT2D eigenvalue weighted by atomic mass is 35.5. The third-order valence-corrected chi connectivity index (χ3v) is 5.05. The molecule has 0 unspecified atom stereocenters. The van der Waals surface area contributed by atoms with Crippen LogP contribution >= 0.6 is 11.6 Å². The number of carbonyl (C=O) groups excluding carboxylic acids is 1. The van der Waals surface area contributed by atoms with E-state index in [1.165, 1.54) is 0 Å². The van der Waals surface area contributed by atoms with E-state index in [0.717, 1.165) is 26.1 Å². The molecule has 126 valence electrons. The minimum atomic E-state index is -0.197. The van der Waals surface area contributed by atoms with Gasteiger partial charge in [0, 0.05) is 39.1 Å². The monoisotopic (exact) mass is 338 g/mol. The number of amides is 1. The Hall–Kier alpha value is -1.14. The molecule has 5 nitrogen and oxygen atoms in total. The van der Waals surface area contributed by atoms with Gasteiger partial charge in [0.2, 0.25) is 5.91 Å². The van der Waals surface area contributed by atoms with Crippen molar-refractivity contribution in [2.75, 3.05) is 38.2 Å². The van der Waals surface area contributed by atoms with E-state index >= 15 is 0 Å². The lowest BCUT2D eigenvalue weighted by Crippen LogP contribution is -2.55. The van der Waals surface area contributed by atoms with Crippen molar-refractivity contribution in [3.63, 3.8) is 0 Å². The molecular formula is C17H23ClN2O3. The summed E-state index contributed by atoms with van der Waals surface area (Å²) in [6.45, 7) is 5.91. The van der Waals surface area contributed by atoms with Crippen molar-refractivity contribution in [2.24, 2.45) is 0 Å². The van der Waals surface area contributed by atoms with Crippen molar-refractivity contribution < 1.29 is 14.3 Å². The molecule has 2 heterocycles. The molecule has 2 aliphatic rings. The van der Waals surface area contributed by atoms with E-state index in [2.05, 4.69) is 17.1 Å². The molecule has 2 fully saturated rings. The first kappa shape index (κ1) is 16.7. The number of rotatable bonds is 4. The van der Waals surface area contributed by atoms with E-state index in [-0.39, 0.29) is 17.6 Å². The van der Waals surface area contributed by atoms with Crippen molar-refractivity contribution in [2.45, 2.75) is 31.5 Å². The first-order chi connectivity index (χ1) is 11.1. The number of carbonyl (C=O) groups is 1. The SMILES string of the molecule is C[C@@H]1OCC[C@]12CN(CCC(=O)Nc1ccccc1Cl)CCO2. The first-order valence-electron chi connectivity index (χ1n) is 8.11. The molecule has 1 spiro atoms. The van der Waals surface area contributed by atoms with Crippen LogP contribution in [0.1, 0.15) is 19.8 Å². The van der Waals surface area contributed by atoms with Gasteiger partial charge in [-0.15, -0.1) is 0 Å². The summed E-state index contributed by atoms with van der Waals surface area (Å²) in [6, 6.07) is 7.27. The second-order valence-corrected chi connectivity index (χ2v) is 6.64. The number of nitrogens with one attached hydrogen (secondary N) is 1. The average Bonchev–Trinajstić information content (AvgIpc) is 2.88. The van der Waals surface area contributed by atoms with E-state index in [1.54, 1.807) is 6.07 Å². The quantitative estimate of drug-likeness (QED) is 0.916. The zero-order valence-corrected chi connectivity index (χ0v) is 14.1. The molecule has 0 aliphatic carbocycles. The van der Waals surface area contributed by atoms with Gasteiger partial charge in [-0.25, -0.2) is 0 Å². The Kier molecular flexibility index (Phi) is 5.21. The van der Waals surface area contributed by atoms with E-state index in [9.17, 15) is 4.79 Å². The number of hydrogen-bond acceptors (Lipinski definition) is 4. The minimum Gasteiger partial charge on any atom is -0.375 e. The second kappa shape index (κ2) is 7.18. The molecule has 2 saturated heterocycles. The highest BCUT2D eigenvalue weighted by Crippen LogP contribution is 2.33. The second-order valence-electron chi connectivity index (χ2n) is 6.23. The summed E-state index contributed by atoms with van der Waals surface area (Å²) in [5.74, 6) is -0.0191. The van der Waals surface area contributed by atoms with Gasteiger partial charge in [0.25, 0.3) is 0 Å². The molecule has 0 radical (unpaired) electrons. The minimum absolute atomic E-state index is 0.0191. The Morgan fingerprint density at radius 3 is 3.00 bits per heavy atom. The van der Waals surface area contributed by atoms with E-state index in [1.807, 2.05) is 18.2 Å². The molecular weight excluding hydrogens is 316 g/mol. The molecule has 2 atom stereocenters. The normalized spacial score (nSPS) is 28.2. The number of nitrogens with zero attached hydrogens (tertiary/aromatic N) is 1. The molecule has 2 aliphatic heterocycles. The summed E-state index contributed by atoms with van der Waals surface area (Å²) in [5.41, 5.74) is 0.465. The number of ether oxygens (including phenoxy) is 2. The third-order valence-electron chi connectivity index (χ3n) is 4.73. The number of hydrogen-bond donors (Lipinski definition) is 1. The van der Waals surface area contributed by atoms with Gasteiger partial charge in [0.1, 0.15) is 5.60 Å². The van der Waals surface area contributed by atoms with Crippen LogP contribution in [0, 0.1) is 0 Å². The maximum atomic E-state index is 12.1. The van der Waals surface area contributed by atoms with Crippen LogP contribution in [0.15, 0.2) is 24.3 Å². The Bertz CT molecular complexity index is 569. The van der Waals surface area contributed by atoms with Crippen LogP contribution in [0.5, 0.6) is 0 Å². The van der Waals surface area contributed by atoms with Crippen molar-refractivity contribution in [1.29, 1.82) is 0 Å². The van der Waals surface area contributed by atoms with Crippen LogP contribution in [0.2, 0.25) is 5.02 Å². The van der Waals surface area contributed by atoms with E-state index < -0.39 is 0 Å². The molecule has 0 saturated carbocycles. The van der Waals surface area contributed by atoms with Crippen LogP contribution in [0.4, 0.5) is 5.69 Å². The maximum Gasteiger partial charge on any atom is 0.225 e. The highest BCUT2D eigenvalue weighted by molar-refractivity contribution is 6.33. The standard InChI is InChI=1S/C17H23ClN2O3/c1-13-17(7-10-22-13)12-20(9-11-23-17)8-6-16(21)19-15-5-3-2-4-14(15)18/h2-5,13H,6-12H2,1H3,(H,19,21)/t13-,17-/m0/s1. The van der Waals surface area contributed by atoms with Gasteiger partial charge in [-0.1, -0.05) is 23.7 Å². The van der Waals surface area contributed by atoms with Crippen molar-refractivity contribution in [3.05, 3.63) is 29.3 Å². The van der Waals surface area contributed by atoms with Gasteiger partial charge >= 0.3 is 0 Å². The van der Waals surface area contributed by atoms with Crippen molar-refractivity contribution >= 4 is 23.2 Å². The molecule has 23 heavy (non-hydrogen) atoms. The predicted molar refractivity (Wildman–Crippen MR) is 89.9 cm³/mol. The lowest BCUT2D eigenvalue weighted by molar-refractivity contribution is -0.137. The van der Waals surface area contributed by atoms with E-state index in [0.29, 0.717) is 30.3 Å². The Morgan fingerprint density at radius 1 is 1.43 bits per heavy atom. The third kappa shape index (κ3) is 3.86. The highest BCUT2D eigenvalue weighted by Gasteiger charge is 2.45. The molecule has 6 heteroatoms. The largest absolute Gasteiger partial charge is 0.375 e. The van der Waals surface area contributed by atoms with Crippen LogP contribution in [-0.2, 0) is 14.3 Å². The van der Waals surface area contributed by atoms with Gasteiger partial charge in [0.05, 0.1) is 23.4 Å². The first-order valence-corrected chi connectivity index (χ1v) is 8.49. The lowest BCUT2D eigenvalue weighted by atomic mass is 9.94. The summed E-state index contributed by atoms with van der Waals surface area (Å²) in [4.78, 5) is 14.4. The molecule has 3 rings (SSSR count). The van der Waals surface area contributed by atoms with Gasteiger partial charge in [0.15, 0.2) is 0 Å². The Morgan fingerprint density at radius 2 is 2.26 bits per heavy atom. The number of morpholine rings is 1. The van der Waals surface area contributed by atoms with Crippen LogP contribution in [0.25, 0.3) is 0 Å². The summed E-state index contributed by atoms with van der Waals surface area (Å²) < 4.78 is 11.7. The Balaban J connectivity index is 1.50.